The number of rotatable bonds is 5. The maximum Gasteiger partial charge on any atom is 0.227 e. The molecule has 144 valence electrons. The molecule has 4 nitrogen and oxygen atoms in total. The maximum absolute atomic E-state index is 12.4. The highest BCUT2D eigenvalue weighted by Crippen LogP contribution is 2.33. The number of para-hydroxylation sites is 1. The number of fused-ring (bicyclic) bond motifs is 1. The molecule has 0 amide bonds. The smallest absolute Gasteiger partial charge is 0.227 e. The van der Waals surface area contributed by atoms with Crippen molar-refractivity contribution in [1.82, 2.24) is 0 Å². The Bertz CT molecular complexity index is 1060. The van der Waals surface area contributed by atoms with Gasteiger partial charge in [0, 0.05) is 17.8 Å². The van der Waals surface area contributed by atoms with E-state index in [1.807, 2.05) is 6.07 Å². The van der Waals surface area contributed by atoms with E-state index < -0.39 is 0 Å². The van der Waals surface area contributed by atoms with E-state index >= 15 is 0 Å². The second-order valence-electron chi connectivity index (χ2n) is 6.92. The second-order valence-corrected chi connectivity index (χ2v) is 7.74. The van der Waals surface area contributed by atoms with Crippen LogP contribution in [0.3, 0.4) is 0 Å². The molecule has 0 saturated heterocycles. The fourth-order valence-electron chi connectivity index (χ4n) is 3.46. The van der Waals surface area contributed by atoms with Gasteiger partial charge in [0.2, 0.25) is 11.2 Å². The molecule has 6 heteroatoms. The number of benzene rings is 2. The van der Waals surface area contributed by atoms with Crippen LogP contribution in [-0.4, -0.2) is 6.04 Å². The molecule has 2 heterocycles. The van der Waals surface area contributed by atoms with Crippen molar-refractivity contribution in [3.63, 3.8) is 0 Å². The zero-order valence-corrected chi connectivity index (χ0v) is 16.8. The molecule has 28 heavy (non-hydrogen) atoms. The Hall–Kier alpha value is -2.43. The Morgan fingerprint density at radius 2 is 1.96 bits per heavy atom. The first-order chi connectivity index (χ1) is 13.5. The lowest BCUT2D eigenvalue weighted by Crippen LogP contribution is -2.29. The number of anilines is 1. The zero-order chi connectivity index (χ0) is 19.7. The highest BCUT2D eigenvalue weighted by atomic mass is 35.5. The molecular formula is C22H19Cl2NO3. The topological polar surface area (TPSA) is 42.7 Å². The van der Waals surface area contributed by atoms with E-state index in [1.54, 1.807) is 18.2 Å². The average molecular weight is 416 g/mol. The molecule has 2 aromatic carbocycles. The molecule has 1 aliphatic rings. The van der Waals surface area contributed by atoms with Gasteiger partial charge >= 0.3 is 0 Å². The standard InChI is InChI=1S/C22H19Cl2NO3/c1-14-8-16-4-2-3-5-20(16)25(14)11-17-10-21(26)22(13-27-17)28-12-15-6-7-18(23)19(24)9-15/h2-7,9-10,13-14H,8,11-12H2,1H3/t14-/m1/s1. The molecule has 1 atom stereocenters. The second kappa shape index (κ2) is 7.90. The quantitative estimate of drug-likeness (QED) is 0.553. The van der Waals surface area contributed by atoms with E-state index in [0.717, 1.165) is 12.0 Å². The van der Waals surface area contributed by atoms with Gasteiger partial charge in [-0.2, -0.15) is 0 Å². The molecular weight excluding hydrogens is 397 g/mol. The number of nitrogens with zero attached hydrogens (tertiary/aromatic N) is 1. The zero-order valence-electron chi connectivity index (χ0n) is 15.3. The molecule has 1 aliphatic heterocycles. The third kappa shape index (κ3) is 3.89. The fraction of sp³-hybridized carbons (Fsp3) is 0.227. The third-order valence-corrected chi connectivity index (χ3v) is 5.64. The lowest BCUT2D eigenvalue weighted by Gasteiger charge is -2.24. The minimum Gasteiger partial charge on any atom is -0.482 e. The van der Waals surface area contributed by atoms with Gasteiger partial charge in [-0.3, -0.25) is 4.79 Å². The van der Waals surface area contributed by atoms with Crippen LogP contribution in [0, 0.1) is 0 Å². The van der Waals surface area contributed by atoms with Gasteiger partial charge in [-0.15, -0.1) is 0 Å². The van der Waals surface area contributed by atoms with E-state index in [0.29, 0.717) is 28.4 Å². The van der Waals surface area contributed by atoms with Gasteiger partial charge in [0.1, 0.15) is 18.6 Å². The number of halogens is 2. The molecule has 0 saturated carbocycles. The molecule has 0 aliphatic carbocycles. The predicted molar refractivity (Wildman–Crippen MR) is 112 cm³/mol. The molecule has 0 bridgehead atoms. The molecule has 0 N–H and O–H groups in total. The first-order valence-electron chi connectivity index (χ1n) is 9.04. The Kier molecular flexibility index (Phi) is 5.33. The van der Waals surface area contributed by atoms with Crippen molar-refractivity contribution < 1.29 is 9.15 Å². The highest BCUT2D eigenvalue weighted by Gasteiger charge is 2.26. The van der Waals surface area contributed by atoms with Crippen LogP contribution in [0.1, 0.15) is 23.8 Å². The monoisotopic (exact) mass is 415 g/mol. The van der Waals surface area contributed by atoms with Crippen molar-refractivity contribution in [1.29, 1.82) is 0 Å². The first kappa shape index (κ1) is 18.9. The summed E-state index contributed by atoms with van der Waals surface area (Å²) in [6.07, 6.45) is 2.37. The third-order valence-electron chi connectivity index (χ3n) is 4.91. The lowest BCUT2D eigenvalue weighted by molar-refractivity contribution is 0.289. The van der Waals surface area contributed by atoms with Gasteiger partial charge < -0.3 is 14.1 Å². The number of hydrogen-bond acceptors (Lipinski definition) is 4. The van der Waals surface area contributed by atoms with Crippen LogP contribution in [-0.2, 0) is 19.6 Å². The molecule has 4 rings (SSSR count). The largest absolute Gasteiger partial charge is 0.482 e. The summed E-state index contributed by atoms with van der Waals surface area (Å²) >= 11 is 11.9. The van der Waals surface area contributed by atoms with E-state index in [1.165, 1.54) is 23.6 Å². The van der Waals surface area contributed by atoms with Crippen LogP contribution in [0.25, 0.3) is 0 Å². The van der Waals surface area contributed by atoms with E-state index in [9.17, 15) is 4.79 Å². The van der Waals surface area contributed by atoms with Gasteiger partial charge in [-0.05, 0) is 42.7 Å². The Morgan fingerprint density at radius 1 is 1.14 bits per heavy atom. The van der Waals surface area contributed by atoms with Crippen molar-refractivity contribution >= 4 is 28.9 Å². The number of hydrogen-bond donors (Lipinski definition) is 0. The van der Waals surface area contributed by atoms with Gasteiger partial charge in [-0.1, -0.05) is 47.5 Å². The lowest BCUT2D eigenvalue weighted by atomic mass is 10.1. The Balaban J connectivity index is 1.46. The van der Waals surface area contributed by atoms with E-state index in [4.69, 9.17) is 32.4 Å². The molecule has 0 spiro atoms. The summed E-state index contributed by atoms with van der Waals surface area (Å²) in [5, 5.41) is 0.928. The van der Waals surface area contributed by atoms with Crippen LogP contribution in [0.2, 0.25) is 10.0 Å². The minimum absolute atomic E-state index is 0.171. The van der Waals surface area contributed by atoms with Crippen LogP contribution in [0.4, 0.5) is 5.69 Å². The average Bonchev–Trinajstić information content (AvgIpc) is 2.99. The minimum atomic E-state index is -0.207. The van der Waals surface area contributed by atoms with Crippen LogP contribution in [0.15, 0.2) is 64.0 Å². The van der Waals surface area contributed by atoms with Crippen molar-refractivity contribution in [3.8, 4) is 5.75 Å². The fourth-order valence-corrected chi connectivity index (χ4v) is 3.78. The first-order valence-corrected chi connectivity index (χ1v) is 9.80. The van der Waals surface area contributed by atoms with Crippen LogP contribution < -0.4 is 15.1 Å². The molecule has 0 radical (unpaired) electrons. The summed E-state index contributed by atoms with van der Waals surface area (Å²) in [5.74, 6) is 0.778. The molecule has 3 aromatic rings. The molecule has 1 aromatic heterocycles. The van der Waals surface area contributed by atoms with Crippen molar-refractivity contribution in [3.05, 3.63) is 91.9 Å². The Morgan fingerprint density at radius 3 is 2.75 bits per heavy atom. The van der Waals surface area contributed by atoms with Gasteiger partial charge in [0.05, 0.1) is 16.6 Å². The van der Waals surface area contributed by atoms with E-state index in [-0.39, 0.29) is 17.8 Å². The Labute approximate surface area is 173 Å². The van der Waals surface area contributed by atoms with Crippen molar-refractivity contribution in [2.45, 2.75) is 32.5 Å². The summed E-state index contributed by atoms with van der Waals surface area (Å²) in [5.41, 5.74) is 3.12. The SMILES string of the molecule is C[C@@H]1Cc2ccccc2N1Cc1cc(=O)c(OCc2ccc(Cl)c(Cl)c2)co1. The summed E-state index contributed by atoms with van der Waals surface area (Å²) in [6, 6.07) is 15.4. The van der Waals surface area contributed by atoms with Crippen LogP contribution >= 0.6 is 23.2 Å². The summed E-state index contributed by atoms with van der Waals surface area (Å²) < 4.78 is 11.3. The molecule has 0 unspecified atom stereocenters. The summed E-state index contributed by atoms with van der Waals surface area (Å²) in [4.78, 5) is 14.7. The van der Waals surface area contributed by atoms with Crippen molar-refractivity contribution in [2.24, 2.45) is 0 Å². The van der Waals surface area contributed by atoms with Gasteiger partial charge in [-0.25, -0.2) is 0 Å². The summed E-state index contributed by atoms with van der Waals surface area (Å²) in [7, 11) is 0. The van der Waals surface area contributed by atoms with E-state index in [2.05, 4.69) is 30.0 Å². The molecule has 0 fully saturated rings. The van der Waals surface area contributed by atoms with Crippen LogP contribution in [0.5, 0.6) is 5.75 Å². The summed E-state index contributed by atoms with van der Waals surface area (Å²) in [6.45, 7) is 2.92. The maximum atomic E-state index is 12.4. The van der Waals surface area contributed by atoms with Crippen molar-refractivity contribution in [2.75, 3.05) is 4.90 Å². The van der Waals surface area contributed by atoms with Gasteiger partial charge in [0.25, 0.3) is 0 Å². The number of ether oxygens (including phenoxy) is 1. The highest BCUT2D eigenvalue weighted by molar-refractivity contribution is 6.42. The predicted octanol–water partition coefficient (Wildman–Crippen LogP) is 5.48. The normalized spacial score (nSPS) is 15.5. The van der Waals surface area contributed by atoms with Gasteiger partial charge in [0.15, 0.2) is 0 Å².